The molecule has 1 radical (unpaired) electrons. The molecule has 2 heteroatoms. The summed E-state index contributed by atoms with van der Waals surface area (Å²) in [6, 6.07) is 13.6. The van der Waals surface area contributed by atoms with Crippen LogP contribution in [-0.2, 0) is 32.9 Å². The van der Waals surface area contributed by atoms with Crippen LogP contribution in [0.25, 0.3) is 11.3 Å². The molecule has 0 aliphatic heterocycles. The van der Waals surface area contributed by atoms with Crippen molar-refractivity contribution >= 4 is 0 Å². The number of fused-ring (bicyclic) bond motifs is 3. The van der Waals surface area contributed by atoms with Crippen LogP contribution in [0.3, 0.4) is 0 Å². The second-order valence-corrected chi connectivity index (χ2v) is 3.58. The van der Waals surface area contributed by atoms with Crippen LogP contribution < -0.4 is 0 Å². The van der Waals surface area contributed by atoms with Gasteiger partial charge in [-0.2, -0.15) is 0 Å². The minimum Gasteiger partial charge on any atom is -0.304 e. The number of aryl methyl sites for hydroxylation is 2. The fraction of sp³-hybridized carbons (Fsp3) is 0.154. The molecule has 1 nitrogen and oxygen atoms in total. The van der Waals surface area contributed by atoms with Gasteiger partial charge in [-0.3, -0.25) is 0 Å². The van der Waals surface area contributed by atoms with Gasteiger partial charge in [-0.15, -0.1) is 35.4 Å². The smallest absolute Gasteiger partial charge is 0.0160 e. The molecule has 0 saturated heterocycles. The Morgan fingerprint density at radius 3 is 2.80 bits per heavy atom. The average Bonchev–Trinajstić information content (AvgIpc) is 2.29. The SMILES string of the molecule is [Ir].[c-]1cccc2c1-c1ncccc1CC2. The summed E-state index contributed by atoms with van der Waals surface area (Å²) in [5, 5.41) is 0. The third kappa shape index (κ3) is 1.75. The quantitative estimate of drug-likeness (QED) is 0.648. The monoisotopic (exact) mass is 373 g/mol. The molecule has 15 heavy (non-hydrogen) atoms. The first kappa shape index (κ1) is 10.5. The molecule has 0 fully saturated rings. The average molecular weight is 372 g/mol. The number of nitrogens with zero attached hydrogens (tertiary/aromatic N) is 1. The summed E-state index contributed by atoms with van der Waals surface area (Å²) in [4.78, 5) is 4.43. The molecule has 0 saturated carbocycles. The Kier molecular flexibility index (Phi) is 2.99. The predicted octanol–water partition coefficient (Wildman–Crippen LogP) is 2.64. The summed E-state index contributed by atoms with van der Waals surface area (Å²) >= 11 is 0. The summed E-state index contributed by atoms with van der Waals surface area (Å²) in [6.07, 6.45) is 4.08. The van der Waals surface area contributed by atoms with Crippen LogP contribution in [0, 0.1) is 6.07 Å². The first-order valence-electron chi connectivity index (χ1n) is 4.89. The van der Waals surface area contributed by atoms with E-state index in [9.17, 15) is 0 Å². The van der Waals surface area contributed by atoms with Gasteiger partial charge in [-0.1, -0.05) is 18.1 Å². The molecule has 0 amide bonds. The number of rotatable bonds is 0. The maximum atomic E-state index is 4.43. The summed E-state index contributed by atoms with van der Waals surface area (Å²) in [6.45, 7) is 0. The summed E-state index contributed by atoms with van der Waals surface area (Å²) in [5.74, 6) is 0. The number of aromatic nitrogens is 1. The van der Waals surface area contributed by atoms with Crippen molar-refractivity contribution in [2.24, 2.45) is 0 Å². The normalized spacial score (nSPS) is 12.3. The second kappa shape index (κ2) is 4.26. The van der Waals surface area contributed by atoms with Crippen molar-refractivity contribution in [1.82, 2.24) is 4.98 Å². The molecule has 0 bridgehead atoms. The van der Waals surface area contributed by atoms with E-state index in [-0.39, 0.29) is 20.1 Å². The minimum atomic E-state index is 0. The molecule has 1 aromatic heterocycles. The van der Waals surface area contributed by atoms with Gasteiger partial charge in [0.05, 0.1) is 0 Å². The van der Waals surface area contributed by atoms with Gasteiger partial charge in [0.25, 0.3) is 0 Å². The van der Waals surface area contributed by atoms with Gasteiger partial charge >= 0.3 is 0 Å². The maximum absolute atomic E-state index is 4.43. The molecular formula is C13H10IrN-. The van der Waals surface area contributed by atoms with E-state index < -0.39 is 0 Å². The van der Waals surface area contributed by atoms with Crippen molar-refractivity contribution in [3.8, 4) is 11.3 Å². The molecule has 1 aromatic carbocycles. The Labute approximate surface area is 103 Å². The Morgan fingerprint density at radius 2 is 1.87 bits per heavy atom. The van der Waals surface area contributed by atoms with Gasteiger partial charge in [0.15, 0.2) is 0 Å². The van der Waals surface area contributed by atoms with Gasteiger partial charge in [-0.05, 0) is 18.2 Å². The van der Waals surface area contributed by atoms with Crippen molar-refractivity contribution in [3.63, 3.8) is 0 Å². The largest absolute Gasteiger partial charge is 0.304 e. The zero-order valence-electron chi connectivity index (χ0n) is 8.16. The molecular weight excluding hydrogens is 362 g/mol. The van der Waals surface area contributed by atoms with Gasteiger partial charge in [0.2, 0.25) is 0 Å². The first-order chi connectivity index (χ1) is 6.95. The van der Waals surface area contributed by atoms with Crippen molar-refractivity contribution < 1.29 is 20.1 Å². The van der Waals surface area contributed by atoms with Crippen LogP contribution in [-0.4, -0.2) is 4.98 Å². The molecule has 77 valence electrons. The minimum absolute atomic E-state index is 0. The van der Waals surface area contributed by atoms with Crippen LogP contribution >= 0.6 is 0 Å². The summed E-state index contributed by atoms with van der Waals surface area (Å²) < 4.78 is 0. The molecule has 0 atom stereocenters. The van der Waals surface area contributed by atoms with E-state index in [2.05, 4.69) is 23.2 Å². The topological polar surface area (TPSA) is 12.9 Å². The first-order valence-corrected chi connectivity index (χ1v) is 4.89. The van der Waals surface area contributed by atoms with E-state index in [1.807, 2.05) is 24.4 Å². The van der Waals surface area contributed by atoms with E-state index in [4.69, 9.17) is 0 Å². The molecule has 0 N–H and O–H groups in total. The summed E-state index contributed by atoms with van der Waals surface area (Å²) in [5.41, 5.74) is 5.03. The molecule has 3 rings (SSSR count). The molecule has 0 unspecified atom stereocenters. The van der Waals surface area contributed by atoms with E-state index >= 15 is 0 Å². The zero-order valence-corrected chi connectivity index (χ0v) is 10.6. The van der Waals surface area contributed by atoms with Gasteiger partial charge in [0.1, 0.15) is 0 Å². The van der Waals surface area contributed by atoms with Crippen LogP contribution in [0.5, 0.6) is 0 Å². The third-order valence-corrected chi connectivity index (χ3v) is 2.73. The van der Waals surface area contributed by atoms with Crippen molar-refractivity contribution in [1.29, 1.82) is 0 Å². The number of hydrogen-bond acceptors (Lipinski definition) is 1. The zero-order chi connectivity index (χ0) is 9.38. The van der Waals surface area contributed by atoms with Crippen LogP contribution in [0.1, 0.15) is 11.1 Å². The maximum Gasteiger partial charge on any atom is 0.0160 e. The van der Waals surface area contributed by atoms with Gasteiger partial charge < -0.3 is 4.98 Å². The van der Waals surface area contributed by atoms with Gasteiger partial charge in [0, 0.05) is 26.3 Å². The standard InChI is InChI=1S/C13H10N.Ir/c1-2-6-12-10(4-1)7-8-11-5-3-9-14-13(11)12;/h1-5,9H,7-8H2;/q-1;. The van der Waals surface area contributed by atoms with E-state index in [0.29, 0.717) is 0 Å². The predicted molar refractivity (Wildman–Crippen MR) is 55.9 cm³/mol. The van der Waals surface area contributed by atoms with Crippen LogP contribution in [0.15, 0.2) is 36.5 Å². The second-order valence-electron chi connectivity index (χ2n) is 3.58. The van der Waals surface area contributed by atoms with E-state index in [1.54, 1.807) is 0 Å². The number of hydrogen-bond donors (Lipinski definition) is 0. The number of pyridine rings is 1. The Bertz CT molecular complexity index is 434. The molecule has 1 aliphatic rings. The van der Waals surface area contributed by atoms with Crippen molar-refractivity contribution in [3.05, 3.63) is 53.7 Å². The summed E-state index contributed by atoms with van der Waals surface area (Å²) in [7, 11) is 0. The van der Waals surface area contributed by atoms with E-state index in [0.717, 1.165) is 18.5 Å². The van der Waals surface area contributed by atoms with Crippen molar-refractivity contribution in [2.45, 2.75) is 12.8 Å². The Hall–Kier alpha value is -0.981. The number of benzene rings is 1. The van der Waals surface area contributed by atoms with Crippen molar-refractivity contribution in [2.75, 3.05) is 0 Å². The molecule has 2 aromatic rings. The Morgan fingerprint density at radius 1 is 1.07 bits per heavy atom. The van der Waals surface area contributed by atoms with Gasteiger partial charge in [-0.25, -0.2) is 0 Å². The molecule has 0 spiro atoms. The third-order valence-electron chi connectivity index (χ3n) is 2.73. The van der Waals surface area contributed by atoms with Crippen LogP contribution in [0.2, 0.25) is 0 Å². The van der Waals surface area contributed by atoms with Crippen LogP contribution in [0.4, 0.5) is 0 Å². The molecule has 1 aliphatic carbocycles. The fourth-order valence-corrected chi connectivity index (χ4v) is 2.04. The molecule has 1 heterocycles. The van der Waals surface area contributed by atoms with E-state index in [1.165, 1.54) is 16.7 Å². The Balaban J connectivity index is 0.000000853. The fourth-order valence-electron chi connectivity index (χ4n) is 2.04.